The van der Waals surface area contributed by atoms with Crippen LogP contribution in [0.25, 0.3) is 22.2 Å². The summed E-state index contributed by atoms with van der Waals surface area (Å²) in [5, 5.41) is 16.4. The number of fused-ring (bicyclic) bond motifs is 1. The van der Waals surface area contributed by atoms with Gasteiger partial charge in [-0.3, -0.25) is 0 Å². The van der Waals surface area contributed by atoms with Gasteiger partial charge >= 0.3 is 0 Å². The second kappa shape index (κ2) is 11.9. The molecule has 0 atom stereocenters. The Balaban J connectivity index is 1.32. The fourth-order valence-electron chi connectivity index (χ4n) is 3.98. The van der Waals surface area contributed by atoms with Crippen molar-refractivity contribution >= 4 is 50.1 Å². The first-order chi connectivity index (χ1) is 19.6. The molecule has 5 aromatic rings. The molecule has 2 aromatic heterocycles. The number of ether oxygens (including phenoxy) is 1. The van der Waals surface area contributed by atoms with E-state index in [1.807, 2.05) is 18.2 Å². The van der Waals surface area contributed by atoms with Crippen LogP contribution in [0.2, 0.25) is 5.02 Å². The summed E-state index contributed by atoms with van der Waals surface area (Å²) in [4.78, 5) is 8.73. The second-order valence-corrected chi connectivity index (χ2v) is 11.9. The second-order valence-electron chi connectivity index (χ2n) is 9.26. The van der Waals surface area contributed by atoms with Gasteiger partial charge in [0.25, 0.3) is 0 Å². The number of hydroxylamine groups is 1. The fraction of sp³-hybridized carbons (Fsp3) is 0.138. The summed E-state index contributed by atoms with van der Waals surface area (Å²) in [5.74, 6) is 1.22. The third-order valence-electron chi connectivity index (χ3n) is 5.95. The number of hydrogen-bond donors (Lipinski definition) is 1. The Kier molecular flexibility index (Phi) is 8.18. The van der Waals surface area contributed by atoms with E-state index in [4.69, 9.17) is 20.8 Å². The zero-order valence-electron chi connectivity index (χ0n) is 21.8. The summed E-state index contributed by atoms with van der Waals surface area (Å²) in [6, 6.07) is 20.3. The number of benzene rings is 3. The van der Waals surface area contributed by atoms with Crippen molar-refractivity contribution in [3.05, 3.63) is 106 Å². The van der Waals surface area contributed by atoms with Crippen LogP contribution in [0.4, 0.5) is 15.9 Å². The highest BCUT2D eigenvalue weighted by Crippen LogP contribution is 2.33. The van der Waals surface area contributed by atoms with Crippen molar-refractivity contribution < 1.29 is 26.7 Å². The van der Waals surface area contributed by atoms with Gasteiger partial charge in [0, 0.05) is 22.9 Å². The highest BCUT2D eigenvalue weighted by Gasteiger charge is 2.13. The highest BCUT2D eigenvalue weighted by molar-refractivity contribution is 7.91. The first-order valence-corrected chi connectivity index (χ1v) is 14.8. The molecular weight excluding hydrogens is 571 g/mol. The Morgan fingerprint density at radius 1 is 1.10 bits per heavy atom. The van der Waals surface area contributed by atoms with Gasteiger partial charge in [-0.05, 0) is 66.2 Å². The molecule has 3 aromatic carbocycles. The summed E-state index contributed by atoms with van der Waals surface area (Å²) in [6.45, 7) is 0.0472. The molecule has 5 rings (SSSR count). The molecule has 0 aliphatic carbocycles. The molecular formula is C29H24ClFN4O5S. The predicted molar refractivity (Wildman–Crippen MR) is 156 cm³/mol. The van der Waals surface area contributed by atoms with Crippen LogP contribution in [0.5, 0.6) is 5.75 Å². The smallest absolute Gasteiger partial charge is 0.210 e. The molecule has 9 nitrogen and oxygen atoms in total. The fourth-order valence-corrected chi connectivity index (χ4v) is 4.66. The number of aromatic nitrogens is 2. The van der Waals surface area contributed by atoms with Gasteiger partial charge in [0.1, 0.15) is 41.8 Å². The number of furan rings is 1. The van der Waals surface area contributed by atoms with Gasteiger partial charge in [-0.2, -0.15) is 0 Å². The Hall–Kier alpha value is -4.48. The van der Waals surface area contributed by atoms with Gasteiger partial charge in [-0.1, -0.05) is 23.7 Å². The number of anilines is 2. The lowest BCUT2D eigenvalue weighted by Gasteiger charge is -2.12. The zero-order valence-corrected chi connectivity index (χ0v) is 23.3. The highest BCUT2D eigenvalue weighted by atomic mass is 35.5. The molecule has 12 heteroatoms. The van der Waals surface area contributed by atoms with Crippen LogP contribution in [0, 0.1) is 11.0 Å². The summed E-state index contributed by atoms with van der Waals surface area (Å²) in [6.07, 6.45) is 3.58. The molecule has 41 heavy (non-hydrogen) atoms. The maximum atomic E-state index is 13.4. The van der Waals surface area contributed by atoms with Gasteiger partial charge in [-0.25, -0.2) is 27.5 Å². The molecule has 2 heterocycles. The number of nitrogens with one attached hydrogen (secondary N) is 1. The van der Waals surface area contributed by atoms with E-state index >= 15 is 0 Å². The number of rotatable bonds is 10. The van der Waals surface area contributed by atoms with Crippen molar-refractivity contribution in [1.82, 2.24) is 9.97 Å². The zero-order chi connectivity index (χ0) is 29.0. The topological polar surface area (TPSA) is 120 Å². The first kappa shape index (κ1) is 28.1. The minimum Gasteiger partial charge on any atom is -0.624 e. The average molecular weight is 595 g/mol. The van der Waals surface area contributed by atoms with Gasteiger partial charge in [0.2, 0.25) is 6.54 Å². The van der Waals surface area contributed by atoms with Crippen molar-refractivity contribution in [3.8, 4) is 17.1 Å². The average Bonchev–Trinajstić information content (AvgIpc) is 3.39. The van der Waals surface area contributed by atoms with E-state index in [1.54, 1.807) is 42.5 Å². The molecule has 0 fully saturated rings. The maximum absolute atomic E-state index is 13.4. The van der Waals surface area contributed by atoms with Crippen LogP contribution < -0.4 is 10.1 Å². The van der Waals surface area contributed by atoms with Crippen molar-refractivity contribution in [2.75, 3.05) is 17.3 Å². The number of halogens is 2. The minimum absolute atomic E-state index is 0.123. The molecule has 1 N–H and O–H groups in total. The van der Waals surface area contributed by atoms with Crippen LogP contribution in [0.3, 0.4) is 0 Å². The van der Waals surface area contributed by atoms with E-state index in [2.05, 4.69) is 15.3 Å². The molecule has 0 bridgehead atoms. The Morgan fingerprint density at radius 2 is 1.95 bits per heavy atom. The molecule has 210 valence electrons. The summed E-state index contributed by atoms with van der Waals surface area (Å²) >= 11 is 6.45. The first-order valence-electron chi connectivity index (χ1n) is 12.4. The third-order valence-corrected chi connectivity index (χ3v) is 7.00. The largest absolute Gasteiger partial charge is 0.624 e. The molecule has 0 unspecified atom stereocenters. The lowest BCUT2D eigenvalue weighted by Crippen LogP contribution is -2.12. The van der Waals surface area contributed by atoms with Crippen LogP contribution in [-0.4, -0.2) is 41.3 Å². The molecule has 0 radical (unpaired) electrons. The third kappa shape index (κ3) is 7.38. The standard InChI is InChI=1S/C29H24ClFN4O5S/c1-41(37,38)12-11-35(36)16-23-7-10-27(40-23)20-5-8-26-24(14-20)29(33-18-32-26)34-22-6-9-28(25(30)15-22)39-17-19-3-2-4-21(31)13-19/h2-11,13-15,18H,12,16-17H2,1H3,(H,32,33,34)/b35-11-. The summed E-state index contributed by atoms with van der Waals surface area (Å²) in [5.41, 5.74) is 2.78. The van der Waals surface area contributed by atoms with Gasteiger partial charge in [0.05, 0.1) is 10.5 Å². The Labute approximate surface area is 240 Å². The molecule has 0 aliphatic heterocycles. The van der Waals surface area contributed by atoms with Crippen LogP contribution >= 0.6 is 11.6 Å². The number of nitrogens with zero attached hydrogens (tertiary/aromatic N) is 3. The van der Waals surface area contributed by atoms with E-state index in [0.717, 1.165) is 23.4 Å². The van der Waals surface area contributed by atoms with E-state index in [1.165, 1.54) is 18.5 Å². The van der Waals surface area contributed by atoms with E-state index in [0.29, 0.717) is 49.6 Å². The normalized spacial score (nSPS) is 12.0. The van der Waals surface area contributed by atoms with Crippen LogP contribution in [0.1, 0.15) is 11.3 Å². The van der Waals surface area contributed by atoms with Crippen LogP contribution in [-0.2, 0) is 23.0 Å². The molecule has 0 spiro atoms. The summed E-state index contributed by atoms with van der Waals surface area (Å²) in [7, 11) is -3.29. The van der Waals surface area contributed by atoms with Gasteiger partial charge in [-0.15, -0.1) is 0 Å². The van der Waals surface area contributed by atoms with E-state index in [-0.39, 0.29) is 24.7 Å². The predicted octanol–water partition coefficient (Wildman–Crippen LogP) is 6.13. The number of sulfone groups is 1. The SMILES string of the molecule is CS(=O)(=O)C/C=[N+](\[O-])Cc1ccc(-c2ccc3ncnc(Nc4ccc(OCc5cccc(F)c5)c(Cl)c4)c3c2)o1. The Bertz CT molecular complexity index is 1860. The molecule has 0 amide bonds. The van der Waals surface area contributed by atoms with Crippen molar-refractivity contribution in [2.24, 2.45) is 0 Å². The van der Waals surface area contributed by atoms with Crippen molar-refractivity contribution in [3.63, 3.8) is 0 Å². The molecule has 0 saturated carbocycles. The van der Waals surface area contributed by atoms with Gasteiger partial charge < -0.3 is 19.7 Å². The van der Waals surface area contributed by atoms with Crippen molar-refractivity contribution in [2.45, 2.75) is 13.2 Å². The van der Waals surface area contributed by atoms with E-state index in [9.17, 15) is 18.0 Å². The Morgan fingerprint density at radius 3 is 2.73 bits per heavy atom. The quantitative estimate of drug-likeness (QED) is 0.0887. The monoisotopic (exact) mass is 594 g/mol. The lowest BCUT2D eigenvalue weighted by atomic mass is 10.1. The molecule has 0 aliphatic rings. The minimum atomic E-state index is -3.29. The van der Waals surface area contributed by atoms with Crippen LogP contribution in [0.15, 0.2) is 83.5 Å². The lowest BCUT2D eigenvalue weighted by molar-refractivity contribution is -0.473. The van der Waals surface area contributed by atoms with Crippen molar-refractivity contribution in [1.29, 1.82) is 0 Å². The maximum Gasteiger partial charge on any atom is 0.210 e. The van der Waals surface area contributed by atoms with E-state index < -0.39 is 9.84 Å². The molecule has 0 saturated heterocycles. The summed E-state index contributed by atoms with van der Waals surface area (Å²) < 4.78 is 48.1. The van der Waals surface area contributed by atoms with Gasteiger partial charge in [0.15, 0.2) is 21.8 Å². The number of hydrogen-bond acceptors (Lipinski definition) is 8.